The molecule has 0 aromatic carbocycles. The van der Waals surface area contributed by atoms with Gasteiger partial charge in [0, 0.05) is 12.3 Å². The molecule has 0 bridgehead atoms. The summed E-state index contributed by atoms with van der Waals surface area (Å²) < 4.78 is 74.5. The Morgan fingerprint density at radius 2 is 1.05 bits per heavy atom. The number of ether oxygens (including phenoxy) is 10. The molecule has 0 aliphatic carbocycles. The Morgan fingerprint density at radius 3 is 1.46 bits per heavy atom. The highest BCUT2D eigenvalue weighted by Gasteiger charge is 2.54. The first-order chi connectivity index (χ1) is 39.6. The van der Waals surface area contributed by atoms with Crippen molar-refractivity contribution < 1.29 is 123 Å². The van der Waals surface area contributed by atoms with Crippen molar-refractivity contribution in [3.05, 3.63) is 34.7 Å². The number of esters is 8. The zero-order chi connectivity index (χ0) is 64.8. The molecule has 1 saturated heterocycles. The van der Waals surface area contributed by atoms with E-state index in [0.717, 1.165) is 7.11 Å². The van der Waals surface area contributed by atoms with E-state index in [-0.39, 0.29) is 79.9 Å². The molecular weight excluding hydrogens is 1200 g/mol. The molecule has 85 heavy (non-hydrogen) atoms. The molecule has 4 aliphatic heterocycles. The average molecular weight is 1280 g/mol. The van der Waals surface area contributed by atoms with Crippen LogP contribution in [-0.4, -0.2) is 232 Å². The van der Waals surface area contributed by atoms with Crippen molar-refractivity contribution in [1.29, 1.82) is 0 Å². The van der Waals surface area contributed by atoms with Crippen molar-refractivity contribution in [2.75, 3.05) is 82.2 Å². The number of hydrazone groups is 2. The van der Waals surface area contributed by atoms with E-state index >= 15 is 0 Å². The molecule has 6 N–H and O–H groups in total. The van der Waals surface area contributed by atoms with Crippen LogP contribution in [0.2, 0.25) is 58.9 Å². The summed E-state index contributed by atoms with van der Waals surface area (Å²) in [6, 6.07) is 0. The standard InChI is InChI=1S/C18H38N2O8Si4.C16H22N2O8.C16H23NO10/c1-23-17(21)15-12-14(16(20-19-15)18(22)24-2)13-25-32(26-29(3,4)5,27-30(6,7)8)28-31(9,10)11;1-5-25-13(19)10(14(20)26-6-2)7-9-8-11(15(21)23-3)17-18-12(9)16(22)24-4;1-24-14(22)8-4-17-9(15(23)25-2)3-7(8)6-26-16-13(21)12(20)11(19)10(5-18)27-16/h12,14,19H,13H2,1-11H3;8-10,17H,5-7H2,1-4H3;10-13,16,18-21H,3-6H2,1-2H3/t;;10?,11-,12-,13?,16+/m..0/s1. The van der Waals surface area contributed by atoms with Crippen molar-refractivity contribution in [3.8, 4) is 0 Å². The van der Waals surface area contributed by atoms with Crippen molar-refractivity contribution >= 4 is 98.9 Å². The number of aliphatic hydroxyl groups excluding tert-OH is 4. The first kappa shape index (κ1) is 75.2. The number of aliphatic imine (C=N–C) groups is 1. The minimum Gasteiger partial charge on any atom is -0.466 e. The number of hydrogen-bond donors (Lipinski definition) is 6. The summed E-state index contributed by atoms with van der Waals surface area (Å²) in [5, 5.41) is 46.6. The third kappa shape index (κ3) is 23.7. The van der Waals surface area contributed by atoms with Gasteiger partial charge in [-0.3, -0.25) is 25.4 Å². The largest absolute Gasteiger partial charge is 0.647 e. The van der Waals surface area contributed by atoms with E-state index in [4.69, 9.17) is 49.9 Å². The van der Waals surface area contributed by atoms with Crippen molar-refractivity contribution in [2.24, 2.45) is 32.9 Å². The zero-order valence-electron chi connectivity index (χ0n) is 51.0. The lowest BCUT2D eigenvalue weighted by molar-refractivity contribution is -0.299. The van der Waals surface area contributed by atoms with Gasteiger partial charge in [-0.2, -0.15) is 10.2 Å². The van der Waals surface area contributed by atoms with Crippen LogP contribution in [-0.2, 0) is 102 Å². The van der Waals surface area contributed by atoms with Gasteiger partial charge in [-0.15, -0.1) is 0 Å². The molecular formula is C50H83N5O26Si4. The summed E-state index contributed by atoms with van der Waals surface area (Å²) in [5.74, 6) is -8.45. The topological polar surface area (TPSA) is 408 Å². The van der Waals surface area contributed by atoms with E-state index < -0.39 is 137 Å². The fraction of sp³-hybridized carbons (Fsp3) is 0.660. The van der Waals surface area contributed by atoms with E-state index in [1.807, 2.05) is 58.9 Å². The molecule has 4 aliphatic rings. The smallest absolute Gasteiger partial charge is 0.466 e. The predicted molar refractivity (Wildman–Crippen MR) is 306 cm³/mol. The molecule has 0 radical (unpaired) electrons. The number of aliphatic hydroxyl groups is 4. The monoisotopic (exact) mass is 1280 g/mol. The van der Waals surface area contributed by atoms with E-state index in [2.05, 4.69) is 40.3 Å². The van der Waals surface area contributed by atoms with Gasteiger partial charge < -0.3 is 84.6 Å². The molecule has 4 heterocycles. The number of hydrogen-bond acceptors (Lipinski definition) is 31. The lowest BCUT2D eigenvalue weighted by Gasteiger charge is -2.41. The molecule has 4 unspecified atom stereocenters. The van der Waals surface area contributed by atoms with Gasteiger partial charge in [0.1, 0.15) is 41.5 Å². The second kappa shape index (κ2) is 34.4. The van der Waals surface area contributed by atoms with Crippen LogP contribution in [0.4, 0.5) is 0 Å². The Hall–Kier alpha value is -5.94. The van der Waals surface area contributed by atoms with E-state index in [0.29, 0.717) is 5.57 Å². The third-order valence-electron chi connectivity index (χ3n) is 11.4. The van der Waals surface area contributed by atoms with Crippen molar-refractivity contribution in [2.45, 2.75) is 116 Å². The molecule has 35 heteroatoms. The Morgan fingerprint density at radius 1 is 0.612 bits per heavy atom. The quantitative estimate of drug-likeness (QED) is 0.0303. The average Bonchev–Trinajstić information content (AvgIpc) is 2.46. The van der Waals surface area contributed by atoms with E-state index in [9.17, 15) is 58.8 Å². The van der Waals surface area contributed by atoms with Crippen LogP contribution in [0.15, 0.2) is 49.9 Å². The van der Waals surface area contributed by atoms with Crippen LogP contribution in [0.3, 0.4) is 0 Å². The minimum atomic E-state index is -3.61. The third-order valence-corrected chi connectivity index (χ3v) is 22.2. The van der Waals surface area contributed by atoms with Gasteiger partial charge in [0.15, 0.2) is 48.6 Å². The summed E-state index contributed by atoms with van der Waals surface area (Å²) in [4.78, 5) is 99.8. The highest BCUT2D eigenvalue weighted by atomic mass is 28.5. The maximum atomic E-state index is 12.3. The van der Waals surface area contributed by atoms with Gasteiger partial charge in [0.25, 0.3) is 0 Å². The number of allylic oxidation sites excluding steroid dienone is 1. The van der Waals surface area contributed by atoms with Crippen LogP contribution in [0, 0.1) is 17.8 Å². The van der Waals surface area contributed by atoms with Crippen LogP contribution in [0.1, 0.15) is 26.7 Å². The van der Waals surface area contributed by atoms with Gasteiger partial charge >= 0.3 is 56.8 Å². The summed E-state index contributed by atoms with van der Waals surface area (Å²) in [7, 11) is -2.80. The molecule has 480 valence electrons. The normalized spacial score (nSPS) is 21.5. The number of carbonyl (C=O) groups excluding carboxylic acids is 8. The van der Waals surface area contributed by atoms with Crippen LogP contribution in [0.25, 0.3) is 0 Å². The summed E-state index contributed by atoms with van der Waals surface area (Å²) in [5.41, 5.74) is 5.61. The molecule has 7 atom stereocenters. The maximum Gasteiger partial charge on any atom is 0.647 e. The molecule has 0 aromatic heterocycles. The highest BCUT2D eigenvalue weighted by molar-refractivity contribution is 6.87. The Bertz CT molecular complexity index is 2500. The Balaban J connectivity index is 0.000000438. The van der Waals surface area contributed by atoms with E-state index in [1.165, 1.54) is 47.7 Å². The lowest BCUT2D eigenvalue weighted by Crippen LogP contribution is -2.63. The number of nitrogens with zero attached hydrogens (tertiary/aromatic N) is 3. The number of rotatable bonds is 25. The first-order valence-electron chi connectivity index (χ1n) is 26.5. The van der Waals surface area contributed by atoms with Gasteiger partial charge in [-0.05, 0) is 96.9 Å². The van der Waals surface area contributed by atoms with Gasteiger partial charge in [0.2, 0.25) is 0 Å². The lowest BCUT2D eigenvalue weighted by atomic mass is 9.89. The minimum absolute atomic E-state index is 0.0309. The summed E-state index contributed by atoms with van der Waals surface area (Å²) >= 11 is 0. The number of carbonyl (C=O) groups is 8. The Kier molecular flexibility index (Phi) is 30.4. The predicted octanol–water partition coefficient (Wildman–Crippen LogP) is 0.0128. The molecule has 1 fully saturated rings. The fourth-order valence-electron chi connectivity index (χ4n) is 7.66. The Labute approximate surface area is 497 Å². The van der Waals surface area contributed by atoms with Crippen LogP contribution < -0.4 is 10.9 Å². The molecule has 0 saturated carbocycles. The summed E-state index contributed by atoms with van der Waals surface area (Å²) in [6.45, 7) is 20.7. The molecule has 0 aromatic rings. The SMILES string of the molecule is CCOC(=O)C(CC1C=C(C(=O)OC)NN=C1C(=O)OC)C(=O)OCC.COC(=O)C1=CC(CO[Si](O[Si](C)(C)C)(O[Si](C)(C)C)O[Si](C)(C)C)C(C(=O)OC)=NN1.COC(=O)C1=NCC(C(=O)OC)=C(CO[C@@H]2OC(CO)[C@H](O)[C@H](O)C2O)C1. The summed E-state index contributed by atoms with van der Waals surface area (Å²) in [6.07, 6.45) is -4.52. The molecule has 4 rings (SSSR count). The number of dihydropyridines is 1. The second-order valence-corrected chi connectivity index (χ2v) is 37.7. The highest BCUT2D eigenvalue weighted by Crippen LogP contribution is 2.30. The van der Waals surface area contributed by atoms with Crippen LogP contribution in [0.5, 0.6) is 0 Å². The molecule has 31 nitrogen and oxygen atoms in total. The molecule has 0 amide bonds. The number of methoxy groups -OCH3 is 6. The molecule has 0 spiro atoms. The van der Waals surface area contributed by atoms with Gasteiger partial charge in [-0.25, -0.2) is 28.8 Å². The first-order valence-corrected chi connectivity index (χ1v) is 38.3. The maximum absolute atomic E-state index is 12.3. The van der Waals surface area contributed by atoms with Crippen molar-refractivity contribution in [3.63, 3.8) is 0 Å². The zero-order valence-corrected chi connectivity index (χ0v) is 55.0. The van der Waals surface area contributed by atoms with E-state index in [1.54, 1.807) is 13.8 Å². The van der Waals surface area contributed by atoms with Gasteiger partial charge in [0.05, 0.1) is 93.7 Å². The number of nitrogens with one attached hydrogen (secondary N) is 2. The van der Waals surface area contributed by atoms with Gasteiger partial charge in [-0.1, -0.05) is 0 Å². The van der Waals surface area contributed by atoms with Crippen molar-refractivity contribution in [1.82, 2.24) is 10.9 Å². The van der Waals surface area contributed by atoms with Crippen LogP contribution >= 0.6 is 0 Å². The second-order valence-electron chi connectivity index (χ2n) is 21.3. The fourth-order valence-corrected chi connectivity index (χ4v) is 19.4.